The van der Waals surface area contributed by atoms with Crippen molar-refractivity contribution in [2.45, 2.75) is 13.5 Å². The van der Waals surface area contributed by atoms with Crippen LogP contribution in [0.1, 0.15) is 12.6 Å². The standard InChI is InChI=1S/C8H16N4/c1-2-12(6-4-9)7-8-3-5-10-11-8/h3,5H,2,4,6-7,9H2,1H3,(H,10,11). The Balaban J connectivity index is 2.37. The Hall–Kier alpha value is -0.870. The van der Waals surface area contributed by atoms with Crippen molar-refractivity contribution in [3.05, 3.63) is 18.0 Å². The zero-order chi connectivity index (χ0) is 8.81. The molecule has 0 aliphatic heterocycles. The highest BCUT2D eigenvalue weighted by atomic mass is 15.2. The molecule has 68 valence electrons. The average Bonchev–Trinajstić information content (AvgIpc) is 2.56. The van der Waals surface area contributed by atoms with Crippen molar-refractivity contribution >= 4 is 0 Å². The smallest absolute Gasteiger partial charge is 0.0492 e. The Morgan fingerprint density at radius 2 is 2.50 bits per heavy atom. The number of nitrogens with zero attached hydrogens (tertiary/aromatic N) is 2. The first-order valence-electron chi connectivity index (χ1n) is 4.27. The summed E-state index contributed by atoms with van der Waals surface area (Å²) in [6.45, 7) is 5.72. The van der Waals surface area contributed by atoms with Crippen LogP contribution in [-0.4, -0.2) is 34.7 Å². The van der Waals surface area contributed by atoms with Crippen LogP contribution in [0, 0.1) is 0 Å². The summed E-state index contributed by atoms with van der Waals surface area (Å²) >= 11 is 0. The molecule has 0 atom stereocenters. The summed E-state index contributed by atoms with van der Waals surface area (Å²) < 4.78 is 0. The van der Waals surface area contributed by atoms with Gasteiger partial charge in [-0.3, -0.25) is 10.00 Å². The first kappa shape index (κ1) is 9.22. The second kappa shape index (κ2) is 4.90. The molecule has 0 spiro atoms. The van der Waals surface area contributed by atoms with Crippen molar-refractivity contribution < 1.29 is 0 Å². The normalized spacial score (nSPS) is 10.9. The number of nitrogens with one attached hydrogen (secondary N) is 1. The molecule has 4 heteroatoms. The Labute approximate surface area is 72.8 Å². The third-order valence-electron chi connectivity index (χ3n) is 1.84. The van der Waals surface area contributed by atoms with E-state index < -0.39 is 0 Å². The number of aromatic nitrogens is 2. The molecule has 12 heavy (non-hydrogen) atoms. The molecule has 1 aromatic heterocycles. The van der Waals surface area contributed by atoms with Gasteiger partial charge in [-0.2, -0.15) is 5.10 Å². The van der Waals surface area contributed by atoms with Crippen LogP contribution in [0.3, 0.4) is 0 Å². The number of H-pyrrole nitrogens is 1. The van der Waals surface area contributed by atoms with Gasteiger partial charge in [0.25, 0.3) is 0 Å². The lowest BCUT2D eigenvalue weighted by Crippen LogP contribution is -2.28. The summed E-state index contributed by atoms with van der Waals surface area (Å²) in [5, 5.41) is 6.81. The van der Waals surface area contributed by atoms with Gasteiger partial charge < -0.3 is 5.73 Å². The summed E-state index contributed by atoms with van der Waals surface area (Å²) in [6.07, 6.45) is 1.77. The Kier molecular flexibility index (Phi) is 3.76. The number of hydrogen-bond donors (Lipinski definition) is 2. The van der Waals surface area contributed by atoms with E-state index in [2.05, 4.69) is 22.0 Å². The number of hydrogen-bond acceptors (Lipinski definition) is 3. The predicted octanol–water partition coefficient (Wildman–Crippen LogP) is 0.190. The van der Waals surface area contributed by atoms with E-state index in [0.29, 0.717) is 6.54 Å². The van der Waals surface area contributed by atoms with Crippen LogP contribution in [0.25, 0.3) is 0 Å². The van der Waals surface area contributed by atoms with E-state index in [0.717, 1.165) is 25.3 Å². The predicted molar refractivity (Wildman–Crippen MR) is 48.6 cm³/mol. The van der Waals surface area contributed by atoms with Gasteiger partial charge in [-0.25, -0.2) is 0 Å². The van der Waals surface area contributed by atoms with Gasteiger partial charge in [0.15, 0.2) is 0 Å². The van der Waals surface area contributed by atoms with E-state index in [1.54, 1.807) is 6.20 Å². The van der Waals surface area contributed by atoms with E-state index in [1.165, 1.54) is 0 Å². The second-order valence-electron chi connectivity index (χ2n) is 2.74. The third-order valence-corrected chi connectivity index (χ3v) is 1.84. The fourth-order valence-corrected chi connectivity index (χ4v) is 1.15. The van der Waals surface area contributed by atoms with Crippen LogP contribution >= 0.6 is 0 Å². The number of nitrogens with two attached hydrogens (primary N) is 1. The zero-order valence-corrected chi connectivity index (χ0v) is 7.45. The maximum atomic E-state index is 5.47. The van der Waals surface area contributed by atoms with Crippen molar-refractivity contribution in [2.75, 3.05) is 19.6 Å². The topological polar surface area (TPSA) is 57.9 Å². The molecule has 0 aliphatic carbocycles. The van der Waals surface area contributed by atoms with Crippen molar-refractivity contribution in [3.63, 3.8) is 0 Å². The Bertz CT molecular complexity index is 195. The Morgan fingerprint density at radius 3 is 3.00 bits per heavy atom. The van der Waals surface area contributed by atoms with Gasteiger partial charge in [-0.1, -0.05) is 6.92 Å². The molecule has 0 radical (unpaired) electrons. The van der Waals surface area contributed by atoms with Crippen LogP contribution in [0.15, 0.2) is 12.3 Å². The minimum Gasteiger partial charge on any atom is -0.329 e. The molecule has 0 aliphatic rings. The number of rotatable bonds is 5. The van der Waals surface area contributed by atoms with Crippen LogP contribution in [0.5, 0.6) is 0 Å². The molecule has 0 amide bonds. The highest BCUT2D eigenvalue weighted by Crippen LogP contribution is 1.98. The molecule has 3 N–H and O–H groups in total. The molecule has 1 rings (SSSR count). The summed E-state index contributed by atoms with van der Waals surface area (Å²) in [7, 11) is 0. The lowest BCUT2D eigenvalue weighted by molar-refractivity contribution is 0.284. The van der Waals surface area contributed by atoms with Gasteiger partial charge in [-0.15, -0.1) is 0 Å². The molecule has 0 unspecified atom stereocenters. The van der Waals surface area contributed by atoms with Crippen LogP contribution in [-0.2, 0) is 6.54 Å². The lowest BCUT2D eigenvalue weighted by atomic mass is 10.4. The van der Waals surface area contributed by atoms with Crippen molar-refractivity contribution in [1.82, 2.24) is 15.1 Å². The molecule has 1 aromatic rings. The summed E-state index contributed by atoms with van der Waals surface area (Å²) in [5.74, 6) is 0. The van der Waals surface area contributed by atoms with Gasteiger partial charge in [0.2, 0.25) is 0 Å². The quantitative estimate of drug-likeness (QED) is 0.660. The van der Waals surface area contributed by atoms with Crippen molar-refractivity contribution in [2.24, 2.45) is 5.73 Å². The SMILES string of the molecule is CCN(CCN)Cc1ccn[nH]1. The van der Waals surface area contributed by atoms with Gasteiger partial charge in [0, 0.05) is 31.5 Å². The van der Waals surface area contributed by atoms with Crippen LogP contribution in [0.4, 0.5) is 0 Å². The molecular weight excluding hydrogens is 152 g/mol. The summed E-state index contributed by atoms with van der Waals surface area (Å²) in [6, 6.07) is 1.99. The molecule has 1 heterocycles. The summed E-state index contributed by atoms with van der Waals surface area (Å²) in [5.41, 5.74) is 6.61. The molecule has 0 aromatic carbocycles. The molecule has 0 fully saturated rings. The van der Waals surface area contributed by atoms with E-state index >= 15 is 0 Å². The molecule has 0 saturated heterocycles. The molecule has 0 bridgehead atoms. The van der Waals surface area contributed by atoms with Gasteiger partial charge >= 0.3 is 0 Å². The monoisotopic (exact) mass is 168 g/mol. The third kappa shape index (κ3) is 2.64. The fourth-order valence-electron chi connectivity index (χ4n) is 1.15. The van der Waals surface area contributed by atoms with E-state index in [4.69, 9.17) is 5.73 Å². The van der Waals surface area contributed by atoms with E-state index in [-0.39, 0.29) is 0 Å². The van der Waals surface area contributed by atoms with E-state index in [1.807, 2.05) is 6.07 Å². The first-order chi connectivity index (χ1) is 5.86. The van der Waals surface area contributed by atoms with Crippen molar-refractivity contribution in [1.29, 1.82) is 0 Å². The van der Waals surface area contributed by atoms with Gasteiger partial charge in [-0.05, 0) is 12.6 Å². The molecular formula is C8H16N4. The Morgan fingerprint density at radius 1 is 1.67 bits per heavy atom. The maximum Gasteiger partial charge on any atom is 0.0492 e. The van der Waals surface area contributed by atoms with Gasteiger partial charge in [0.1, 0.15) is 0 Å². The molecule has 0 saturated carbocycles. The first-order valence-corrected chi connectivity index (χ1v) is 4.27. The van der Waals surface area contributed by atoms with Gasteiger partial charge in [0.05, 0.1) is 0 Å². The summed E-state index contributed by atoms with van der Waals surface area (Å²) in [4.78, 5) is 2.27. The van der Waals surface area contributed by atoms with Crippen LogP contribution < -0.4 is 5.73 Å². The van der Waals surface area contributed by atoms with E-state index in [9.17, 15) is 0 Å². The average molecular weight is 168 g/mol. The minimum atomic E-state index is 0.710. The highest BCUT2D eigenvalue weighted by Gasteiger charge is 2.02. The molecule has 4 nitrogen and oxygen atoms in total. The minimum absolute atomic E-state index is 0.710. The largest absolute Gasteiger partial charge is 0.329 e. The lowest BCUT2D eigenvalue weighted by Gasteiger charge is -2.17. The maximum absolute atomic E-state index is 5.47. The van der Waals surface area contributed by atoms with Crippen molar-refractivity contribution in [3.8, 4) is 0 Å². The number of likely N-dealkylation sites (N-methyl/N-ethyl adjacent to an activating group) is 1. The number of aromatic amines is 1. The zero-order valence-electron chi connectivity index (χ0n) is 7.45. The highest BCUT2D eigenvalue weighted by molar-refractivity contribution is 4.96. The fraction of sp³-hybridized carbons (Fsp3) is 0.625. The van der Waals surface area contributed by atoms with Crippen LogP contribution in [0.2, 0.25) is 0 Å². The second-order valence-corrected chi connectivity index (χ2v) is 2.74.